The highest BCUT2D eigenvalue weighted by atomic mass is 35.5. The molecule has 0 radical (unpaired) electrons. The van der Waals surface area contributed by atoms with E-state index in [0.29, 0.717) is 28.6 Å². The molecule has 0 fully saturated rings. The number of amides is 1. The largest absolute Gasteiger partial charge is 0.487 e. The van der Waals surface area contributed by atoms with Crippen molar-refractivity contribution in [1.82, 2.24) is 8.75 Å². The Morgan fingerprint density at radius 1 is 1.20 bits per heavy atom. The maximum atomic E-state index is 12.5. The van der Waals surface area contributed by atoms with Gasteiger partial charge in [0.05, 0.1) is 17.4 Å². The average molecular weight is 374 g/mol. The lowest BCUT2D eigenvalue weighted by atomic mass is 10.1. The molecule has 1 amide bonds. The van der Waals surface area contributed by atoms with Crippen molar-refractivity contribution < 1.29 is 9.53 Å². The normalized spacial score (nSPS) is 10.5. The minimum atomic E-state index is -0.220. The number of ether oxygens (including phenoxy) is 1. The third-order valence-corrected chi connectivity index (χ3v) is 4.80. The number of nitrogens with one attached hydrogen (secondary N) is 1. The summed E-state index contributed by atoms with van der Waals surface area (Å²) in [6.45, 7) is 4.07. The summed E-state index contributed by atoms with van der Waals surface area (Å²) in [6.07, 6.45) is 0. The van der Waals surface area contributed by atoms with Crippen LogP contribution in [0.3, 0.4) is 0 Å². The van der Waals surface area contributed by atoms with Gasteiger partial charge in [0.25, 0.3) is 5.91 Å². The van der Waals surface area contributed by atoms with E-state index in [1.165, 1.54) is 0 Å². The quantitative estimate of drug-likeness (QED) is 0.707. The molecule has 1 aromatic heterocycles. The van der Waals surface area contributed by atoms with Crippen molar-refractivity contribution in [3.05, 3.63) is 70.0 Å². The van der Waals surface area contributed by atoms with Gasteiger partial charge in [-0.2, -0.15) is 8.75 Å². The molecule has 2 aromatic carbocycles. The molecule has 1 heterocycles. The zero-order valence-corrected chi connectivity index (χ0v) is 15.3. The van der Waals surface area contributed by atoms with Crippen molar-refractivity contribution in [1.29, 1.82) is 0 Å². The molecule has 3 rings (SSSR count). The number of carbonyl (C=O) groups is 1. The van der Waals surface area contributed by atoms with Gasteiger partial charge in [-0.15, -0.1) is 0 Å². The zero-order valence-electron chi connectivity index (χ0n) is 13.7. The maximum Gasteiger partial charge on any atom is 0.255 e. The number of aromatic nitrogens is 2. The van der Waals surface area contributed by atoms with E-state index in [4.69, 9.17) is 16.3 Å². The van der Waals surface area contributed by atoms with Gasteiger partial charge in [0.2, 0.25) is 0 Å². The Kier molecular flexibility index (Phi) is 5.31. The fraction of sp³-hybridized carbons (Fsp3) is 0.167. The molecule has 7 heteroatoms. The number of nitrogens with zero attached hydrogens (tertiary/aromatic N) is 2. The van der Waals surface area contributed by atoms with Crippen LogP contribution >= 0.6 is 23.3 Å². The molecule has 0 atom stereocenters. The van der Waals surface area contributed by atoms with Gasteiger partial charge in [0.1, 0.15) is 18.1 Å². The minimum absolute atomic E-state index is 0.220. The minimum Gasteiger partial charge on any atom is -0.487 e. The van der Waals surface area contributed by atoms with Gasteiger partial charge in [-0.1, -0.05) is 23.7 Å². The monoisotopic (exact) mass is 373 g/mol. The lowest BCUT2D eigenvalue weighted by Crippen LogP contribution is -2.13. The first-order chi connectivity index (χ1) is 12.0. The molecule has 0 aliphatic heterocycles. The van der Waals surface area contributed by atoms with Gasteiger partial charge in [-0.3, -0.25) is 4.79 Å². The second-order valence-electron chi connectivity index (χ2n) is 5.48. The van der Waals surface area contributed by atoms with E-state index in [0.717, 1.165) is 28.7 Å². The number of aryl methyl sites for hydroxylation is 1. The van der Waals surface area contributed by atoms with Gasteiger partial charge >= 0.3 is 0 Å². The van der Waals surface area contributed by atoms with E-state index in [1.807, 2.05) is 19.9 Å². The highest BCUT2D eigenvalue weighted by Gasteiger charge is 2.11. The van der Waals surface area contributed by atoms with Crippen LogP contribution in [0.5, 0.6) is 5.75 Å². The number of hydrogen-bond acceptors (Lipinski definition) is 5. The van der Waals surface area contributed by atoms with Crippen LogP contribution < -0.4 is 10.1 Å². The molecule has 0 saturated heterocycles. The number of carbonyl (C=O) groups excluding carboxylic acids is 1. The molecule has 0 aliphatic carbocycles. The number of rotatable bonds is 5. The molecular formula is C18H16ClN3O2S. The Balaban J connectivity index is 1.71. The molecule has 0 unspecified atom stereocenters. The third-order valence-electron chi connectivity index (χ3n) is 3.73. The maximum absolute atomic E-state index is 12.5. The summed E-state index contributed by atoms with van der Waals surface area (Å²) in [6, 6.07) is 12.4. The summed E-state index contributed by atoms with van der Waals surface area (Å²) < 4.78 is 14.0. The van der Waals surface area contributed by atoms with Crippen LogP contribution in [-0.4, -0.2) is 14.7 Å². The summed E-state index contributed by atoms with van der Waals surface area (Å²) in [5, 5.41) is 3.49. The van der Waals surface area contributed by atoms with E-state index >= 15 is 0 Å². The van der Waals surface area contributed by atoms with Crippen LogP contribution in [-0.2, 0) is 6.61 Å². The molecule has 5 nitrogen and oxygen atoms in total. The first-order valence-electron chi connectivity index (χ1n) is 7.62. The summed E-state index contributed by atoms with van der Waals surface area (Å²) >= 11 is 7.25. The van der Waals surface area contributed by atoms with Crippen molar-refractivity contribution in [2.45, 2.75) is 20.5 Å². The van der Waals surface area contributed by atoms with E-state index < -0.39 is 0 Å². The average Bonchev–Trinajstić information content (AvgIpc) is 3.02. The SMILES string of the molecule is Cc1nsnc1COc1cccc(C(=O)Nc2cccc(Cl)c2C)c1. The van der Waals surface area contributed by atoms with Crippen LogP contribution in [0.2, 0.25) is 5.02 Å². The lowest BCUT2D eigenvalue weighted by molar-refractivity contribution is 0.102. The zero-order chi connectivity index (χ0) is 17.8. The van der Waals surface area contributed by atoms with Crippen LogP contribution in [0.25, 0.3) is 0 Å². The molecule has 128 valence electrons. The first kappa shape index (κ1) is 17.4. The second kappa shape index (κ2) is 7.63. The molecule has 1 N–H and O–H groups in total. The Morgan fingerprint density at radius 2 is 2.00 bits per heavy atom. The molecule has 0 aliphatic rings. The predicted molar refractivity (Wildman–Crippen MR) is 99.6 cm³/mol. The molecule has 25 heavy (non-hydrogen) atoms. The van der Waals surface area contributed by atoms with Gasteiger partial charge in [0.15, 0.2) is 0 Å². The second-order valence-corrected chi connectivity index (χ2v) is 6.42. The van der Waals surface area contributed by atoms with Gasteiger partial charge in [0, 0.05) is 16.3 Å². The summed E-state index contributed by atoms with van der Waals surface area (Å²) in [5.41, 5.74) is 3.68. The Morgan fingerprint density at radius 3 is 2.76 bits per heavy atom. The van der Waals surface area contributed by atoms with Crippen molar-refractivity contribution >= 4 is 34.9 Å². The Bertz CT molecular complexity index is 911. The lowest BCUT2D eigenvalue weighted by Gasteiger charge is -2.10. The van der Waals surface area contributed by atoms with E-state index in [9.17, 15) is 4.79 Å². The molecular weight excluding hydrogens is 358 g/mol. The van der Waals surface area contributed by atoms with Crippen LogP contribution in [0.4, 0.5) is 5.69 Å². The smallest absolute Gasteiger partial charge is 0.255 e. The fourth-order valence-electron chi connectivity index (χ4n) is 2.20. The first-order valence-corrected chi connectivity index (χ1v) is 8.73. The number of hydrogen-bond donors (Lipinski definition) is 1. The van der Waals surface area contributed by atoms with Crippen LogP contribution in [0, 0.1) is 13.8 Å². The van der Waals surface area contributed by atoms with E-state index in [1.54, 1.807) is 36.4 Å². The van der Waals surface area contributed by atoms with Crippen molar-refractivity contribution in [2.75, 3.05) is 5.32 Å². The predicted octanol–water partition coefficient (Wildman–Crippen LogP) is 4.64. The standard InChI is InChI=1S/C18H16ClN3O2S/c1-11-15(19)7-4-8-16(11)20-18(23)13-5-3-6-14(9-13)24-10-17-12(2)21-25-22-17/h3-9H,10H2,1-2H3,(H,20,23). The molecule has 0 spiro atoms. The van der Waals surface area contributed by atoms with Gasteiger partial charge in [-0.25, -0.2) is 0 Å². The van der Waals surface area contributed by atoms with Crippen LogP contribution in [0.1, 0.15) is 27.3 Å². The van der Waals surface area contributed by atoms with Crippen LogP contribution in [0.15, 0.2) is 42.5 Å². The Hall–Kier alpha value is -2.44. The van der Waals surface area contributed by atoms with Crippen molar-refractivity contribution in [3.63, 3.8) is 0 Å². The Labute approximate surface area is 154 Å². The number of anilines is 1. The van der Waals surface area contributed by atoms with E-state index in [2.05, 4.69) is 14.1 Å². The summed E-state index contributed by atoms with van der Waals surface area (Å²) in [7, 11) is 0. The highest BCUT2D eigenvalue weighted by molar-refractivity contribution is 6.99. The summed E-state index contributed by atoms with van der Waals surface area (Å²) in [4.78, 5) is 12.5. The van der Waals surface area contributed by atoms with Crippen molar-refractivity contribution in [2.24, 2.45) is 0 Å². The third kappa shape index (κ3) is 4.15. The molecule has 0 saturated carbocycles. The molecule has 0 bridgehead atoms. The van der Waals surface area contributed by atoms with Gasteiger partial charge < -0.3 is 10.1 Å². The van der Waals surface area contributed by atoms with Gasteiger partial charge in [-0.05, 0) is 49.7 Å². The fourth-order valence-corrected chi connectivity index (χ4v) is 2.92. The topological polar surface area (TPSA) is 64.1 Å². The van der Waals surface area contributed by atoms with E-state index in [-0.39, 0.29) is 5.91 Å². The number of halogens is 1. The highest BCUT2D eigenvalue weighted by Crippen LogP contribution is 2.24. The summed E-state index contributed by atoms with van der Waals surface area (Å²) in [5.74, 6) is 0.380. The number of benzene rings is 2. The van der Waals surface area contributed by atoms with Crippen molar-refractivity contribution in [3.8, 4) is 5.75 Å². The molecule has 3 aromatic rings.